The smallest absolute Gasteiger partial charge is 0.331 e. The molecule has 106 valence electrons. The second-order valence-corrected chi connectivity index (χ2v) is 6.64. The van der Waals surface area contributed by atoms with E-state index in [1.807, 2.05) is 11.4 Å². The zero-order valence-corrected chi connectivity index (χ0v) is 13.3. The third-order valence-electron chi connectivity index (χ3n) is 2.45. The maximum atomic E-state index is 11.8. The summed E-state index contributed by atoms with van der Waals surface area (Å²) >= 11 is 6.17. The van der Waals surface area contributed by atoms with Crippen molar-refractivity contribution in [3.63, 3.8) is 0 Å². The summed E-state index contributed by atoms with van der Waals surface area (Å²) in [6, 6.07) is 3.79. The fourth-order valence-corrected chi connectivity index (χ4v) is 3.70. The van der Waals surface area contributed by atoms with Crippen LogP contribution in [0, 0.1) is 0 Å². The topological polar surface area (TPSA) is 78.4 Å². The SMILES string of the molecule is O=C(NCc1sccc1Br)NC(C(=O)O)c1cccs1. The maximum Gasteiger partial charge on any atom is 0.331 e. The molecule has 2 aromatic rings. The standard InChI is InChI=1S/C12H11BrN2O3S2/c13-7-3-5-20-9(7)6-14-12(18)15-10(11(16)17)8-2-1-4-19-8/h1-5,10H,6H2,(H,16,17)(H2,14,15,18). The highest BCUT2D eigenvalue weighted by Gasteiger charge is 2.22. The number of thiophene rings is 2. The van der Waals surface area contributed by atoms with E-state index in [0.29, 0.717) is 11.4 Å². The molecule has 2 aromatic heterocycles. The Bertz CT molecular complexity index is 598. The van der Waals surface area contributed by atoms with E-state index in [-0.39, 0.29) is 0 Å². The van der Waals surface area contributed by atoms with E-state index in [0.717, 1.165) is 9.35 Å². The summed E-state index contributed by atoms with van der Waals surface area (Å²) in [5.74, 6) is -1.08. The minimum Gasteiger partial charge on any atom is -0.479 e. The summed E-state index contributed by atoms with van der Waals surface area (Å²) in [6.07, 6.45) is 0. The highest BCUT2D eigenvalue weighted by molar-refractivity contribution is 9.10. The Hall–Kier alpha value is -1.38. The first-order valence-electron chi connectivity index (χ1n) is 5.60. The van der Waals surface area contributed by atoms with Gasteiger partial charge in [0.25, 0.3) is 0 Å². The molecule has 0 aromatic carbocycles. The molecule has 1 unspecified atom stereocenters. The Morgan fingerprint density at radius 2 is 2.10 bits per heavy atom. The van der Waals surface area contributed by atoms with Gasteiger partial charge in [0.2, 0.25) is 0 Å². The number of urea groups is 1. The summed E-state index contributed by atoms with van der Waals surface area (Å²) in [5, 5.41) is 17.9. The van der Waals surface area contributed by atoms with E-state index < -0.39 is 18.0 Å². The number of carbonyl (C=O) groups is 2. The highest BCUT2D eigenvalue weighted by atomic mass is 79.9. The Morgan fingerprint density at radius 3 is 2.65 bits per heavy atom. The normalized spacial score (nSPS) is 11.8. The molecule has 0 aliphatic rings. The minimum atomic E-state index is -1.08. The number of rotatable bonds is 5. The quantitative estimate of drug-likeness (QED) is 0.751. The molecule has 0 fully saturated rings. The average Bonchev–Trinajstić information content (AvgIpc) is 3.04. The molecular weight excluding hydrogens is 364 g/mol. The molecule has 0 aliphatic carbocycles. The number of nitrogens with one attached hydrogen (secondary N) is 2. The van der Waals surface area contributed by atoms with E-state index in [9.17, 15) is 9.59 Å². The van der Waals surface area contributed by atoms with Crippen molar-refractivity contribution in [1.82, 2.24) is 10.6 Å². The van der Waals surface area contributed by atoms with Crippen molar-refractivity contribution in [2.75, 3.05) is 0 Å². The lowest BCUT2D eigenvalue weighted by atomic mass is 10.2. The predicted molar refractivity (Wildman–Crippen MR) is 82.1 cm³/mol. The molecule has 5 nitrogen and oxygen atoms in total. The third kappa shape index (κ3) is 3.81. The molecule has 3 N–H and O–H groups in total. The summed E-state index contributed by atoms with van der Waals surface area (Å²) in [4.78, 5) is 24.5. The summed E-state index contributed by atoms with van der Waals surface area (Å²) in [5.41, 5.74) is 0. The van der Waals surface area contributed by atoms with Crippen LogP contribution in [-0.2, 0) is 11.3 Å². The third-order valence-corrected chi connectivity index (χ3v) is 5.31. The van der Waals surface area contributed by atoms with Crippen LogP contribution in [0.25, 0.3) is 0 Å². The van der Waals surface area contributed by atoms with E-state index >= 15 is 0 Å². The molecular formula is C12H11BrN2O3S2. The number of aliphatic carboxylic acids is 1. The molecule has 8 heteroatoms. The van der Waals surface area contributed by atoms with E-state index in [4.69, 9.17) is 5.11 Å². The number of amides is 2. The number of carbonyl (C=O) groups excluding carboxylic acids is 1. The Labute approximate surface area is 131 Å². The minimum absolute atomic E-state index is 0.348. The monoisotopic (exact) mass is 374 g/mol. The molecule has 0 spiro atoms. The van der Waals surface area contributed by atoms with Gasteiger partial charge in [-0.1, -0.05) is 6.07 Å². The lowest BCUT2D eigenvalue weighted by Crippen LogP contribution is -2.40. The van der Waals surface area contributed by atoms with Gasteiger partial charge in [-0.3, -0.25) is 0 Å². The van der Waals surface area contributed by atoms with Gasteiger partial charge in [0.15, 0.2) is 6.04 Å². The number of hydrogen-bond donors (Lipinski definition) is 3. The van der Waals surface area contributed by atoms with Gasteiger partial charge in [0, 0.05) is 14.2 Å². The van der Waals surface area contributed by atoms with Crippen LogP contribution in [0.15, 0.2) is 33.4 Å². The first kappa shape index (κ1) is 15.0. The van der Waals surface area contributed by atoms with Crippen LogP contribution >= 0.6 is 38.6 Å². The fourth-order valence-electron chi connectivity index (χ4n) is 1.50. The van der Waals surface area contributed by atoms with Crippen molar-refractivity contribution in [2.45, 2.75) is 12.6 Å². The molecule has 0 saturated carbocycles. The number of carboxylic acid groups (broad SMARTS) is 1. The average molecular weight is 375 g/mol. The highest BCUT2D eigenvalue weighted by Crippen LogP contribution is 2.22. The van der Waals surface area contributed by atoms with Gasteiger partial charge in [0.05, 0.1) is 6.54 Å². The van der Waals surface area contributed by atoms with Gasteiger partial charge < -0.3 is 15.7 Å². The van der Waals surface area contributed by atoms with Crippen molar-refractivity contribution in [2.24, 2.45) is 0 Å². The molecule has 2 rings (SSSR count). The first-order valence-corrected chi connectivity index (χ1v) is 8.15. The van der Waals surface area contributed by atoms with Crippen LogP contribution in [0.4, 0.5) is 4.79 Å². The molecule has 0 aliphatic heterocycles. The van der Waals surface area contributed by atoms with Crippen LogP contribution in [0.2, 0.25) is 0 Å². The zero-order chi connectivity index (χ0) is 14.5. The Kier molecular flexibility index (Phi) is 5.16. The van der Waals surface area contributed by atoms with Crippen molar-refractivity contribution in [3.05, 3.63) is 43.2 Å². The fraction of sp³-hybridized carbons (Fsp3) is 0.167. The number of halogens is 1. The molecule has 0 bridgehead atoms. The zero-order valence-electron chi connectivity index (χ0n) is 10.1. The van der Waals surface area contributed by atoms with Crippen LogP contribution in [0.5, 0.6) is 0 Å². The lowest BCUT2D eigenvalue weighted by molar-refractivity contribution is -0.139. The summed E-state index contributed by atoms with van der Waals surface area (Å²) < 4.78 is 0.927. The van der Waals surface area contributed by atoms with Gasteiger partial charge in [-0.25, -0.2) is 9.59 Å². The van der Waals surface area contributed by atoms with Crippen molar-refractivity contribution in [1.29, 1.82) is 0 Å². The number of carboxylic acids is 1. The first-order chi connectivity index (χ1) is 9.58. The Morgan fingerprint density at radius 1 is 1.30 bits per heavy atom. The number of hydrogen-bond acceptors (Lipinski definition) is 4. The van der Waals surface area contributed by atoms with Crippen LogP contribution in [-0.4, -0.2) is 17.1 Å². The van der Waals surface area contributed by atoms with Crippen molar-refractivity contribution in [3.8, 4) is 0 Å². The van der Waals surface area contributed by atoms with E-state index in [1.165, 1.54) is 22.7 Å². The maximum absolute atomic E-state index is 11.8. The molecule has 2 heterocycles. The predicted octanol–water partition coefficient (Wildman–Crippen LogP) is 3.20. The largest absolute Gasteiger partial charge is 0.479 e. The summed E-state index contributed by atoms with van der Waals surface area (Å²) in [6.45, 7) is 0.348. The molecule has 2 amide bonds. The van der Waals surface area contributed by atoms with Crippen molar-refractivity contribution < 1.29 is 14.7 Å². The van der Waals surface area contributed by atoms with Crippen LogP contribution < -0.4 is 10.6 Å². The lowest BCUT2D eigenvalue weighted by Gasteiger charge is -2.13. The molecule has 1 atom stereocenters. The van der Waals surface area contributed by atoms with E-state index in [2.05, 4.69) is 26.6 Å². The van der Waals surface area contributed by atoms with Crippen LogP contribution in [0.3, 0.4) is 0 Å². The second kappa shape index (κ2) is 6.87. The van der Waals surface area contributed by atoms with Gasteiger partial charge in [0.1, 0.15) is 0 Å². The molecule has 0 radical (unpaired) electrons. The Balaban J connectivity index is 1.92. The van der Waals surface area contributed by atoms with Gasteiger partial charge in [-0.05, 0) is 38.8 Å². The summed E-state index contributed by atoms with van der Waals surface area (Å²) in [7, 11) is 0. The van der Waals surface area contributed by atoms with Gasteiger partial charge in [-0.15, -0.1) is 22.7 Å². The molecule has 20 heavy (non-hydrogen) atoms. The second-order valence-electron chi connectivity index (χ2n) is 3.81. The van der Waals surface area contributed by atoms with Gasteiger partial charge >= 0.3 is 12.0 Å². The molecule has 0 saturated heterocycles. The van der Waals surface area contributed by atoms with E-state index in [1.54, 1.807) is 17.5 Å². The van der Waals surface area contributed by atoms with Crippen molar-refractivity contribution >= 4 is 50.6 Å². The van der Waals surface area contributed by atoms with Gasteiger partial charge in [-0.2, -0.15) is 0 Å². The van der Waals surface area contributed by atoms with Crippen LogP contribution in [0.1, 0.15) is 15.8 Å².